The van der Waals surface area contributed by atoms with Gasteiger partial charge in [-0.25, -0.2) is 4.98 Å². The molecule has 1 aliphatic rings. The van der Waals surface area contributed by atoms with Crippen molar-refractivity contribution in [2.75, 3.05) is 19.8 Å². The minimum Gasteiger partial charge on any atom is -0.465 e. The van der Waals surface area contributed by atoms with E-state index in [1.807, 2.05) is 0 Å². The zero-order valence-electron chi connectivity index (χ0n) is 11.5. The molecule has 2 heterocycles. The molecule has 1 fully saturated rings. The molecule has 0 spiro atoms. The second kappa shape index (κ2) is 6.73. The third-order valence-electron chi connectivity index (χ3n) is 3.41. The third-order valence-corrected chi connectivity index (χ3v) is 3.97. The molecule has 1 unspecified atom stereocenters. The van der Waals surface area contributed by atoms with Crippen molar-refractivity contribution in [1.82, 2.24) is 4.98 Å². The number of esters is 1. The topological polar surface area (TPSA) is 65.5 Å². The van der Waals surface area contributed by atoms with Crippen molar-refractivity contribution in [3.63, 3.8) is 0 Å². The minimum atomic E-state index is -1.35. The minimum absolute atomic E-state index is 0.0103. The summed E-state index contributed by atoms with van der Waals surface area (Å²) in [5.41, 5.74) is -0.791. The highest BCUT2D eigenvalue weighted by atomic mass is 35.5. The first-order valence-electron chi connectivity index (χ1n) is 6.58. The van der Waals surface area contributed by atoms with Gasteiger partial charge in [0.1, 0.15) is 5.15 Å². The monoisotopic (exact) mass is 331 g/mol. The van der Waals surface area contributed by atoms with Gasteiger partial charge in [-0.2, -0.15) is 0 Å². The number of carbonyl (C=O) groups excluding carboxylic acids is 2. The summed E-state index contributed by atoms with van der Waals surface area (Å²) in [5.74, 6) is -0.779. The molecule has 0 aromatic carbocycles. The van der Waals surface area contributed by atoms with Crippen molar-refractivity contribution < 1.29 is 19.1 Å². The first-order valence-corrected chi connectivity index (χ1v) is 7.33. The second-order valence-electron chi connectivity index (χ2n) is 4.80. The molecule has 1 aliphatic heterocycles. The van der Waals surface area contributed by atoms with Crippen molar-refractivity contribution in [2.45, 2.75) is 19.8 Å². The standard InChI is InChI=1S/C14H15Cl2NO4/c1-2-21-13(19)14(8-20-4-3-11(14)18)6-9-7-17-12(16)5-10(9)15/h5,7H,2-4,6,8H2,1H3. The lowest BCUT2D eigenvalue weighted by atomic mass is 9.76. The third kappa shape index (κ3) is 3.36. The van der Waals surface area contributed by atoms with Crippen LogP contribution in [0, 0.1) is 5.41 Å². The van der Waals surface area contributed by atoms with Crippen molar-refractivity contribution in [1.29, 1.82) is 0 Å². The molecule has 1 saturated heterocycles. The summed E-state index contributed by atoms with van der Waals surface area (Å²) in [6, 6.07) is 1.48. The molecule has 1 aromatic heterocycles. The number of Topliss-reactive ketones (excluding diaryl/α,β-unsaturated/α-hetero) is 1. The number of nitrogens with zero attached hydrogens (tertiary/aromatic N) is 1. The van der Waals surface area contributed by atoms with E-state index in [1.165, 1.54) is 12.3 Å². The van der Waals surface area contributed by atoms with E-state index in [2.05, 4.69) is 4.98 Å². The smallest absolute Gasteiger partial charge is 0.322 e. The van der Waals surface area contributed by atoms with Crippen LogP contribution in [0.25, 0.3) is 0 Å². The number of carbonyl (C=O) groups is 2. The average molecular weight is 332 g/mol. The van der Waals surface area contributed by atoms with Gasteiger partial charge in [0.05, 0.1) is 19.8 Å². The highest BCUT2D eigenvalue weighted by Crippen LogP contribution is 2.34. The first kappa shape index (κ1) is 16.2. The Morgan fingerprint density at radius 1 is 1.52 bits per heavy atom. The lowest BCUT2D eigenvalue weighted by Crippen LogP contribution is -2.49. The molecule has 1 atom stereocenters. The van der Waals surface area contributed by atoms with E-state index in [9.17, 15) is 9.59 Å². The number of pyridine rings is 1. The summed E-state index contributed by atoms with van der Waals surface area (Å²) >= 11 is 11.9. The van der Waals surface area contributed by atoms with Crippen LogP contribution in [0.3, 0.4) is 0 Å². The van der Waals surface area contributed by atoms with E-state index in [1.54, 1.807) is 6.92 Å². The van der Waals surface area contributed by atoms with Gasteiger partial charge in [-0.15, -0.1) is 0 Å². The van der Waals surface area contributed by atoms with Crippen molar-refractivity contribution in [3.8, 4) is 0 Å². The maximum absolute atomic E-state index is 12.3. The van der Waals surface area contributed by atoms with E-state index in [0.29, 0.717) is 17.2 Å². The SMILES string of the molecule is CCOC(=O)C1(Cc2cnc(Cl)cc2Cl)COCCC1=O. The Labute approximate surface area is 132 Å². The lowest BCUT2D eigenvalue weighted by molar-refractivity contribution is -0.169. The fourth-order valence-electron chi connectivity index (χ4n) is 2.29. The van der Waals surface area contributed by atoms with E-state index < -0.39 is 11.4 Å². The van der Waals surface area contributed by atoms with Gasteiger partial charge in [0, 0.05) is 24.1 Å². The molecule has 21 heavy (non-hydrogen) atoms. The molecule has 0 radical (unpaired) electrons. The number of ketones is 1. The molecular weight excluding hydrogens is 317 g/mol. The zero-order chi connectivity index (χ0) is 15.5. The van der Waals surface area contributed by atoms with E-state index >= 15 is 0 Å². The lowest BCUT2D eigenvalue weighted by Gasteiger charge is -2.33. The molecule has 7 heteroatoms. The Bertz CT molecular complexity index is 564. The van der Waals surface area contributed by atoms with Gasteiger partial charge in [0.25, 0.3) is 0 Å². The Hall–Kier alpha value is -1.17. The van der Waals surface area contributed by atoms with Gasteiger partial charge in [-0.1, -0.05) is 23.2 Å². The van der Waals surface area contributed by atoms with Crippen LogP contribution < -0.4 is 0 Å². The molecule has 0 N–H and O–H groups in total. The van der Waals surface area contributed by atoms with Crippen LogP contribution in [0.5, 0.6) is 0 Å². The first-order chi connectivity index (χ1) is 9.99. The van der Waals surface area contributed by atoms with Gasteiger partial charge < -0.3 is 9.47 Å². The van der Waals surface area contributed by atoms with Gasteiger partial charge in [-0.3, -0.25) is 9.59 Å². The molecule has 5 nitrogen and oxygen atoms in total. The second-order valence-corrected chi connectivity index (χ2v) is 5.60. The van der Waals surface area contributed by atoms with Crippen molar-refractivity contribution in [2.24, 2.45) is 5.41 Å². The molecule has 0 bridgehead atoms. The van der Waals surface area contributed by atoms with E-state index in [0.717, 1.165) is 0 Å². The van der Waals surface area contributed by atoms with Crippen molar-refractivity contribution in [3.05, 3.63) is 28.0 Å². The fourth-order valence-corrected chi connectivity index (χ4v) is 2.72. The van der Waals surface area contributed by atoms with Gasteiger partial charge in [0.15, 0.2) is 11.2 Å². The normalized spacial score (nSPS) is 22.1. The van der Waals surface area contributed by atoms with E-state index in [4.69, 9.17) is 32.7 Å². The quantitative estimate of drug-likeness (QED) is 0.481. The average Bonchev–Trinajstić information content (AvgIpc) is 2.44. The summed E-state index contributed by atoms with van der Waals surface area (Å²) in [4.78, 5) is 28.6. The number of aromatic nitrogens is 1. The predicted molar refractivity (Wildman–Crippen MR) is 77.5 cm³/mol. The zero-order valence-corrected chi connectivity index (χ0v) is 13.0. The highest BCUT2D eigenvalue weighted by molar-refractivity contribution is 6.34. The molecule has 0 saturated carbocycles. The summed E-state index contributed by atoms with van der Waals surface area (Å²) in [6.45, 7) is 2.19. The fraction of sp³-hybridized carbons (Fsp3) is 0.500. The van der Waals surface area contributed by atoms with Gasteiger partial charge in [-0.05, 0) is 18.6 Å². The maximum Gasteiger partial charge on any atom is 0.322 e. The molecule has 0 aliphatic carbocycles. The van der Waals surface area contributed by atoms with Crippen LogP contribution >= 0.6 is 23.2 Å². The number of ether oxygens (including phenoxy) is 2. The number of hydrogen-bond donors (Lipinski definition) is 0. The Balaban J connectivity index is 2.35. The van der Waals surface area contributed by atoms with Crippen LogP contribution in [0.15, 0.2) is 12.3 Å². The van der Waals surface area contributed by atoms with Crippen molar-refractivity contribution >= 4 is 35.0 Å². The summed E-state index contributed by atoms with van der Waals surface area (Å²) in [5, 5.41) is 0.609. The van der Waals surface area contributed by atoms with Crippen LogP contribution in [0.2, 0.25) is 10.2 Å². The maximum atomic E-state index is 12.3. The summed E-state index contributed by atoms with van der Waals surface area (Å²) in [7, 11) is 0. The van der Waals surface area contributed by atoms with Gasteiger partial charge in [0.2, 0.25) is 0 Å². The van der Waals surface area contributed by atoms with Gasteiger partial charge >= 0.3 is 5.97 Å². The molecule has 0 amide bonds. The van der Waals surface area contributed by atoms with Crippen LogP contribution in [0.4, 0.5) is 0 Å². The molecular formula is C14H15Cl2NO4. The van der Waals surface area contributed by atoms with Crippen LogP contribution in [-0.2, 0) is 25.5 Å². The Kier molecular flexibility index (Phi) is 5.19. The number of rotatable bonds is 4. The molecule has 114 valence electrons. The van der Waals surface area contributed by atoms with Crippen LogP contribution in [-0.4, -0.2) is 36.6 Å². The summed E-state index contributed by atoms with van der Waals surface area (Å²) in [6.07, 6.45) is 1.73. The van der Waals surface area contributed by atoms with E-state index in [-0.39, 0.29) is 37.0 Å². The number of halogens is 2. The predicted octanol–water partition coefficient (Wildman–Crippen LogP) is 2.47. The Morgan fingerprint density at radius 3 is 2.90 bits per heavy atom. The van der Waals surface area contributed by atoms with Crippen LogP contribution in [0.1, 0.15) is 18.9 Å². The highest BCUT2D eigenvalue weighted by Gasteiger charge is 2.49. The Morgan fingerprint density at radius 2 is 2.29 bits per heavy atom. The largest absolute Gasteiger partial charge is 0.465 e. The number of hydrogen-bond acceptors (Lipinski definition) is 5. The molecule has 1 aromatic rings. The molecule has 2 rings (SSSR count). The summed E-state index contributed by atoms with van der Waals surface area (Å²) < 4.78 is 10.4.